The fourth-order valence-electron chi connectivity index (χ4n) is 1.86. The van der Waals surface area contributed by atoms with Crippen molar-refractivity contribution < 1.29 is 0 Å². The number of halogens is 2. The van der Waals surface area contributed by atoms with Gasteiger partial charge in [0, 0.05) is 17.3 Å². The number of nitrogens with zero attached hydrogens (tertiary/aromatic N) is 4. The molecule has 102 valence electrons. The van der Waals surface area contributed by atoms with Gasteiger partial charge >= 0.3 is 0 Å². The minimum atomic E-state index is 0.352. The maximum atomic E-state index is 6.36. The zero-order valence-corrected chi connectivity index (χ0v) is 12.7. The smallest absolute Gasteiger partial charge is 0.158 e. The lowest BCUT2D eigenvalue weighted by atomic mass is 10.1. The van der Waals surface area contributed by atoms with Crippen LogP contribution in [-0.4, -0.2) is 19.7 Å². The Morgan fingerprint density at radius 1 is 1.32 bits per heavy atom. The SMILES string of the molecule is Cc1cc(-n2nc(CC(C)C)c(CCl)c2Cl)ncn1. The summed E-state index contributed by atoms with van der Waals surface area (Å²) in [6, 6.07) is 1.84. The summed E-state index contributed by atoms with van der Waals surface area (Å²) in [7, 11) is 0. The maximum Gasteiger partial charge on any atom is 0.158 e. The molecule has 6 heteroatoms. The summed E-state index contributed by atoms with van der Waals surface area (Å²) in [5.41, 5.74) is 2.69. The van der Waals surface area contributed by atoms with Gasteiger partial charge in [-0.3, -0.25) is 0 Å². The van der Waals surface area contributed by atoms with Gasteiger partial charge in [-0.1, -0.05) is 25.4 Å². The summed E-state index contributed by atoms with van der Waals surface area (Å²) in [5.74, 6) is 1.51. The Morgan fingerprint density at radius 3 is 2.63 bits per heavy atom. The van der Waals surface area contributed by atoms with Gasteiger partial charge in [0.2, 0.25) is 0 Å². The number of hydrogen-bond donors (Lipinski definition) is 0. The van der Waals surface area contributed by atoms with E-state index in [1.165, 1.54) is 6.33 Å². The molecule has 2 aromatic heterocycles. The van der Waals surface area contributed by atoms with Crippen LogP contribution in [0.5, 0.6) is 0 Å². The summed E-state index contributed by atoms with van der Waals surface area (Å²) in [6.07, 6.45) is 2.35. The van der Waals surface area contributed by atoms with Crippen LogP contribution in [0.25, 0.3) is 5.82 Å². The van der Waals surface area contributed by atoms with E-state index in [1.807, 2.05) is 13.0 Å². The van der Waals surface area contributed by atoms with Gasteiger partial charge in [-0.05, 0) is 19.3 Å². The highest BCUT2D eigenvalue weighted by Crippen LogP contribution is 2.26. The standard InChI is InChI=1S/C13H16Cl2N4/c1-8(2)4-11-10(6-14)13(15)19(18-11)12-5-9(3)16-7-17-12/h5,7-8H,4,6H2,1-3H3. The molecule has 4 nitrogen and oxygen atoms in total. The van der Waals surface area contributed by atoms with E-state index in [9.17, 15) is 0 Å². The molecule has 0 bridgehead atoms. The Bertz CT molecular complexity index is 578. The van der Waals surface area contributed by atoms with Crippen molar-refractivity contribution in [1.82, 2.24) is 19.7 Å². The van der Waals surface area contributed by atoms with E-state index in [0.717, 1.165) is 23.4 Å². The molecule has 2 rings (SSSR count). The lowest BCUT2D eigenvalue weighted by molar-refractivity contribution is 0.625. The Morgan fingerprint density at radius 2 is 2.05 bits per heavy atom. The van der Waals surface area contributed by atoms with Crippen LogP contribution >= 0.6 is 23.2 Å². The van der Waals surface area contributed by atoms with Crippen molar-refractivity contribution in [3.05, 3.63) is 34.5 Å². The van der Waals surface area contributed by atoms with E-state index in [0.29, 0.717) is 22.8 Å². The Labute approximate surface area is 122 Å². The van der Waals surface area contributed by atoms with Crippen LogP contribution in [0.3, 0.4) is 0 Å². The van der Waals surface area contributed by atoms with Gasteiger partial charge in [-0.15, -0.1) is 11.6 Å². The predicted molar refractivity (Wildman–Crippen MR) is 77.0 cm³/mol. The monoisotopic (exact) mass is 298 g/mol. The third kappa shape index (κ3) is 3.07. The van der Waals surface area contributed by atoms with Gasteiger partial charge < -0.3 is 0 Å². The summed E-state index contributed by atoms with van der Waals surface area (Å²) in [6.45, 7) is 6.18. The van der Waals surface area contributed by atoms with E-state index in [1.54, 1.807) is 4.68 Å². The lowest BCUT2D eigenvalue weighted by Crippen LogP contribution is -2.02. The predicted octanol–water partition coefficient (Wildman–Crippen LogP) is 3.56. The highest BCUT2D eigenvalue weighted by Gasteiger charge is 2.18. The highest BCUT2D eigenvalue weighted by atomic mass is 35.5. The minimum absolute atomic E-state index is 0.352. The highest BCUT2D eigenvalue weighted by molar-refractivity contribution is 6.31. The van der Waals surface area contributed by atoms with Crippen LogP contribution in [0.4, 0.5) is 0 Å². The molecule has 2 aromatic rings. The normalized spacial score (nSPS) is 11.3. The molecule has 0 saturated carbocycles. The molecule has 0 amide bonds. The summed E-state index contributed by atoms with van der Waals surface area (Å²) < 4.78 is 1.63. The largest absolute Gasteiger partial charge is 0.242 e. The third-order valence-corrected chi connectivity index (χ3v) is 3.40. The van der Waals surface area contributed by atoms with E-state index in [-0.39, 0.29) is 0 Å². The van der Waals surface area contributed by atoms with Crippen molar-refractivity contribution in [2.24, 2.45) is 5.92 Å². The van der Waals surface area contributed by atoms with Gasteiger partial charge in [0.1, 0.15) is 11.5 Å². The molecule has 0 aliphatic rings. The first-order valence-electron chi connectivity index (χ1n) is 6.14. The van der Waals surface area contributed by atoms with Crippen LogP contribution in [0.1, 0.15) is 30.8 Å². The Kier molecular flexibility index (Phi) is 4.42. The molecule has 0 radical (unpaired) electrons. The molecular formula is C13H16Cl2N4. The first kappa shape index (κ1) is 14.3. The zero-order chi connectivity index (χ0) is 14.0. The minimum Gasteiger partial charge on any atom is -0.242 e. The average Bonchev–Trinajstić information content (AvgIpc) is 2.65. The molecule has 0 N–H and O–H groups in total. The Balaban J connectivity index is 2.49. The van der Waals surface area contributed by atoms with Crippen LogP contribution in [0.2, 0.25) is 5.15 Å². The van der Waals surface area contributed by atoms with Gasteiger partial charge in [-0.2, -0.15) is 5.10 Å². The number of rotatable bonds is 4. The average molecular weight is 299 g/mol. The third-order valence-electron chi connectivity index (χ3n) is 2.75. The summed E-state index contributed by atoms with van der Waals surface area (Å²) in [4.78, 5) is 8.27. The van der Waals surface area contributed by atoms with Crippen LogP contribution in [-0.2, 0) is 12.3 Å². The number of hydrogen-bond acceptors (Lipinski definition) is 3. The van der Waals surface area contributed by atoms with Crippen molar-refractivity contribution >= 4 is 23.2 Å². The van der Waals surface area contributed by atoms with E-state index >= 15 is 0 Å². The molecule has 0 atom stereocenters. The second-order valence-corrected chi connectivity index (χ2v) is 5.50. The van der Waals surface area contributed by atoms with E-state index < -0.39 is 0 Å². The second kappa shape index (κ2) is 5.88. The van der Waals surface area contributed by atoms with E-state index in [4.69, 9.17) is 23.2 Å². The van der Waals surface area contributed by atoms with Crippen molar-refractivity contribution in [2.75, 3.05) is 0 Å². The molecule has 2 heterocycles. The first-order valence-corrected chi connectivity index (χ1v) is 7.05. The molecular weight excluding hydrogens is 283 g/mol. The maximum absolute atomic E-state index is 6.36. The Hall–Kier alpha value is -1.13. The second-order valence-electron chi connectivity index (χ2n) is 4.88. The molecule has 0 unspecified atom stereocenters. The number of aryl methyl sites for hydroxylation is 1. The molecule has 0 aliphatic heterocycles. The fourth-order valence-corrected chi connectivity index (χ4v) is 2.51. The van der Waals surface area contributed by atoms with Crippen LogP contribution in [0.15, 0.2) is 12.4 Å². The topological polar surface area (TPSA) is 43.6 Å². The quantitative estimate of drug-likeness (QED) is 0.811. The van der Waals surface area contributed by atoms with Gasteiger partial charge in [0.25, 0.3) is 0 Å². The number of aromatic nitrogens is 4. The molecule has 0 saturated heterocycles. The van der Waals surface area contributed by atoms with E-state index in [2.05, 4.69) is 28.9 Å². The van der Waals surface area contributed by atoms with Crippen LogP contribution in [0, 0.1) is 12.8 Å². The summed E-state index contributed by atoms with van der Waals surface area (Å²) in [5, 5.41) is 5.07. The van der Waals surface area contributed by atoms with Gasteiger partial charge in [-0.25, -0.2) is 14.6 Å². The molecule has 0 spiro atoms. The van der Waals surface area contributed by atoms with Gasteiger partial charge in [0.15, 0.2) is 5.82 Å². The zero-order valence-electron chi connectivity index (χ0n) is 11.2. The van der Waals surface area contributed by atoms with Crippen LogP contribution < -0.4 is 0 Å². The van der Waals surface area contributed by atoms with Crippen molar-refractivity contribution in [3.8, 4) is 5.82 Å². The van der Waals surface area contributed by atoms with Gasteiger partial charge in [0.05, 0.1) is 11.6 Å². The van der Waals surface area contributed by atoms with Crippen molar-refractivity contribution in [3.63, 3.8) is 0 Å². The lowest BCUT2D eigenvalue weighted by Gasteiger charge is -2.02. The first-order chi connectivity index (χ1) is 9.02. The summed E-state index contributed by atoms with van der Waals surface area (Å²) >= 11 is 12.3. The number of alkyl halides is 1. The van der Waals surface area contributed by atoms with Crippen molar-refractivity contribution in [1.29, 1.82) is 0 Å². The van der Waals surface area contributed by atoms with Crippen molar-refractivity contribution in [2.45, 2.75) is 33.1 Å². The molecule has 0 aliphatic carbocycles. The molecule has 0 fully saturated rings. The molecule has 0 aromatic carbocycles. The fraction of sp³-hybridized carbons (Fsp3) is 0.462. The molecule has 19 heavy (non-hydrogen) atoms.